The van der Waals surface area contributed by atoms with E-state index in [1.807, 2.05) is 39.0 Å². The molecule has 0 atom stereocenters. The van der Waals surface area contributed by atoms with Crippen LogP contribution in [-0.2, 0) is 0 Å². The molecule has 11 heavy (non-hydrogen) atoms. The lowest BCUT2D eigenvalue weighted by Gasteiger charge is -1.89. The molecular formula is C10H18O. The largest absolute Gasteiger partial charge is 0.392 e. The number of aliphatic hydroxyl groups is 1. The van der Waals surface area contributed by atoms with Gasteiger partial charge in [-0.05, 0) is 12.5 Å². The highest BCUT2D eigenvalue weighted by Gasteiger charge is 1.81. The molecule has 0 aliphatic carbocycles. The van der Waals surface area contributed by atoms with Gasteiger partial charge in [0, 0.05) is 0 Å². The van der Waals surface area contributed by atoms with Crippen LogP contribution in [0.3, 0.4) is 0 Å². The van der Waals surface area contributed by atoms with Crippen LogP contribution in [0.4, 0.5) is 0 Å². The molecule has 64 valence electrons. The van der Waals surface area contributed by atoms with Crippen molar-refractivity contribution in [1.29, 1.82) is 0 Å². The fraction of sp³-hybridized carbons (Fsp3) is 0.400. The van der Waals surface area contributed by atoms with Gasteiger partial charge in [0.25, 0.3) is 0 Å². The molecule has 0 aromatic rings. The molecule has 0 aromatic carbocycles. The van der Waals surface area contributed by atoms with Crippen LogP contribution in [0.15, 0.2) is 36.5 Å². The predicted octanol–water partition coefficient (Wildman–Crippen LogP) is 2.69. The van der Waals surface area contributed by atoms with Crippen LogP contribution in [-0.4, -0.2) is 11.7 Å². The van der Waals surface area contributed by atoms with Crippen molar-refractivity contribution < 1.29 is 5.11 Å². The van der Waals surface area contributed by atoms with Gasteiger partial charge in [-0.2, -0.15) is 0 Å². The second-order valence-corrected chi connectivity index (χ2v) is 1.63. The van der Waals surface area contributed by atoms with E-state index in [4.69, 9.17) is 5.11 Å². The molecule has 0 aliphatic heterocycles. The molecule has 0 bridgehead atoms. The van der Waals surface area contributed by atoms with E-state index in [1.165, 1.54) is 0 Å². The number of aliphatic hydroxyl groups excluding tert-OH is 1. The molecule has 1 nitrogen and oxygen atoms in total. The van der Waals surface area contributed by atoms with Gasteiger partial charge in [0.2, 0.25) is 0 Å². The lowest BCUT2D eigenvalue weighted by Crippen LogP contribution is -1.82. The van der Waals surface area contributed by atoms with Crippen molar-refractivity contribution in [3.63, 3.8) is 0 Å². The minimum Gasteiger partial charge on any atom is -0.392 e. The smallest absolute Gasteiger partial charge is 0.0681 e. The van der Waals surface area contributed by atoms with E-state index in [0.29, 0.717) is 0 Å². The third kappa shape index (κ3) is 9.18. The summed E-state index contributed by atoms with van der Waals surface area (Å²) in [6.45, 7) is 9.51. The van der Waals surface area contributed by atoms with E-state index in [1.54, 1.807) is 6.08 Å². The lowest BCUT2D eigenvalue weighted by atomic mass is 10.2. The molecule has 1 heteroatoms. The van der Waals surface area contributed by atoms with Crippen molar-refractivity contribution in [3.05, 3.63) is 36.5 Å². The van der Waals surface area contributed by atoms with E-state index in [-0.39, 0.29) is 6.61 Å². The van der Waals surface area contributed by atoms with E-state index in [2.05, 4.69) is 6.58 Å². The van der Waals surface area contributed by atoms with Gasteiger partial charge in [0.15, 0.2) is 0 Å². The summed E-state index contributed by atoms with van der Waals surface area (Å²) in [5, 5.41) is 8.58. The fourth-order valence-corrected chi connectivity index (χ4v) is 0.405. The van der Waals surface area contributed by atoms with Crippen molar-refractivity contribution >= 4 is 0 Å². The monoisotopic (exact) mass is 154 g/mol. The average Bonchev–Trinajstić information content (AvgIpc) is 2.10. The summed E-state index contributed by atoms with van der Waals surface area (Å²) in [5.74, 6) is 0. The van der Waals surface area contributed by atoms with E-state index in [9.17, 15) is 0 Å². The van der Waals surface area contributed by atoms with Gasteiger partial charge >= 0.3 is 0 Å². The molecule has 0 amide bonds. The summed E-state index contributed by atoms with van der Waals surface area (Å²) in [6.07, 6.45) is 7.24. The highest BCUT2D eigenvalue weighted by Crippen LogP contribution is 1.92. The predicted molar refractivity (Wildman–Crippen MR) is 51.5 cm³/mol. The maximum atomic E-state index is 8.58. The van der Waals surface area contributed by atoms with Gasteiger partial charge in [-0.1, -0.05) is 44.7 Å². The molecule has 0 fully saturated rings. The minimum absolute atomic E-state index is 0.0633. The third-order valence-corrected chi connectivity index (χ3v) is 0.948. The Morgan fingerprint density at radius 2 is 2.00 bits per heavy atom. The maximum Gasteiger partial charge on any atom is 0.0681 e. The Morgan fingerprint density at radius 3 is 2.27 bits per heavy atom. The van der Waals surface area contributed by atoms with Crippen molar-refractivity contribution in [3.8, 4) is 0 Å². The molecule has 0 saturated carbocycles. The summed E-state index contributed by atoms with van der Waals surface area (Å²) in [4.78, 5) is 0. The zero-order valence-electron chi connectivity index (χ0n) is 7.67. The Kier molecular flexibility index (Phi) is 13.9. The number of hydrogen-bond acceptors (Lipinski definition) is 1. The van der Waals surface area contributed by atoms with Crippen LogP contribution >= 0.6 is 0 Å². The summed E-state index contributed by atoms with van der Waals surface area (Å²) in [7, 11) is 0. The molecule has 0 radical (unpaired) electrons. The average molecular weight is 154 g/mol. The van der Waals surface area contributed by atoms with Crippen LogP contribution in [0.5, 0.6) is 0 Å². The SMILES string of the molecule is C=C/C(=C\C=C/C)CO.CC. The highest BCUT2D eigenvalue weighted by molar-refractivity contribution is 5.21. The van der Waals surface area contributed by atoms with Crippen LogP contribution in [0, 0.1) is 0 Å². The van der Waals surface area contributed by atoms with Crippen LogP contribution in [0.25, 0.3) is 0 Å². The third-order valence-electron chi connectivity index (χ3n) is 0.948. The normalized spacial score (nSPS) is 10.7. The molecule has 0 aliphatic rings. The zero-order valence-corrected chi connectivity index (χ0v) is 7.67. The Balaban J connectivity index is 0. The zero-order chi connectivity index (χ0) is 9.11. The molecule has 0 aromatic heterocycles. The fourth-order valence-electron chi connectivity index (χ4n) is 0.405. The van der Waals surface area contributed by atoms with E-state index in [0.717, 1.165) is 5.57 Å². The standard InChI is InChI=1S/C8H12O.C2H6/c1-3-5-6-8(4-2)7-9;1-2/h3-6,9H,2,7H2,1H3;1-2H3/b5-3-,8-6+;. The minimum atomic E-state index is 0.0633. The van der Waals surface area contributed by atoms with Gasteiger partial charge in [0.1, 0.15) is 0 Å². The first-order valence-electron chi connectivity index (χ1n) is 3.90. The summed E-state index contributed by atoms with van der Waals surface area (Å²) in [6, 6.07) is 0. The molecule has 0 saturated heterocycles. The first-order valence-corrected chi connectivity index (χ1v) is 3.90. The number of hydrogen-bond donors (Lipinski definition) is 1. The van der Waals surface area contributed by atoms with E-state index < -0.39 is 0 Å². The first kappa shape index (κ1) is 12.8. The van der Waals surface area contributed by atoms with Gasteiger partial charge < -0.3 is 5.11 Å². The van der Waals surface area contributed by atoms with Crippen molar-refractivity contribution in [1.82, 2.24) is 0 Å². The van der Waals surface area contributed by atoms with Crippen LogP contribution in [0.2, 0.25) is 0 Å². The second kappa shape index (κ2) is 11.9. The maximum absolute atomic E-state index is 8.58. The van der Waals surface area contributed by atoms with Crippen molar-refractivity contribution in [2.24, 2.45) is 0 Å². The van der Waals surface area contributed by atoms with E-state index >= 15 is 0 Å². The number of allylic oxidation sites excluding steroid dienone is 3. The lowest BCUT2D eigenvalue weighted by molar-refractivity contribution is 0.335. The molecule has 1 N–H and O–H groups in total. The summed E-state index contributed by atoms with van der Waals surface area (Å²) < 4.78 is 0. The molecule has 0 unspecified atom stereocenters. The number of rotatable bonds is 3. The quantitative estimate of drug-likeness (QED) is 0.620. The van der Waals surface area contributed by atoms with Gasteiger partial charge in [-0.3, -0.25) is 0 Å². The topological polar surface area (TPSA) is 20.2 Å². The molecular weight excluding hydrogens is 136 g/mol. The summed E-state index contributed by atoms with van der Waals surface area (Å²) in [5.41, 5.74) is 0.841. The van der Waals surface area contributed by atoms with Crippen LogP contribution < -0.4 is 0 Å². The second-order valence-electron chi connectivity index (χ2n) is 1.63. The Morgan fingerprint density at radius 1 is 1.45 bits per heavy atom. The molecule has 0 rings (SSSR count). The Hall–Kier alpha value is -0.820. The highest BCUT2D eigenvalue weighted by atomic mass is 16.3. The van der Waals surface area contributed by atoms with Gasteiger partial charge in [0.05, 0.1) is 6.61 Å². The van der Waals surface area contributed by atoms with Crippen molar-refractivity contribution in [2.75, 3.05) is 6.61 Å². The van der Waals surface area contributed by atoms with Crippen molar-refractivity contribution in [2.45, 2.75) is 20.8 Å². The van der Waals surface area contributed by atoms with Gasteiger partial charge in [-0.25, -0.2) is 0 Å². The first-order chi connectivity index (χ1) is 5.35. The molecule has 0 heterocycles. The molecule has 0 spiro atoms. The Labute approximate surface area is 69.8 Å². The summed E-state index contributed by atoms with van der Waals surface area (Å²) >= 11 is 0. The Bertz CT molecular complexity index is 132. The van der Waals surface area contributed by atoms with Crippen LogP contribution in [0.1, 0.15) is 20.8 Å². The van der Waals surface area contributed by atoms with Gasteiger partial charge in [-0.15, -0.1) is 0 Å².